The third kappa shape index (κ3) is 2.02. The van der Waals surface area contributed by atoms with Gasteiger partial charge in [-0.05, 0) is 12.5 Å². The lowest BCUT2D eigenvalue weighted by Gasteiger charge is -2.19. The molecule has 2 atom stereocenters. The topological polar surface area (TPSA) is 35.5 Å². The number of ether oxygens (including phenoxy) is 2. The summed E-state index contributed by atoms with van der Waals surface area (Å²) in [7, 11) is 0. The molecular weight excluding hydrogens is 240 g/mol. The van der Waals surface area contributed by atoms with Crippen molar-refractivity contribution < 1.29 is 14.3 Å². The number of esters is 1. The lowest BCUT2D eigenvalue weighted by Crippen LogP contribution is -2.29. The molecule has 1 heterocycles. The Labute approximate surface area is 111 Å². The van der Waals surface area contributed by atoms with Crippen LogP contribution in [0.15, 0.2) is 60.7 Å². The molecule has 0 saturated carbocycles. The number of benzene rings is 2. The maximum atomic E-state index is 12.1. The van der Waals surface area contributed by atoms with Gasteiger partial charge in [0.15, 0.2) is 5.60 Å². The summed E-state index contributed by atoms with van der Waals surface area (Å²) in [5.41, 5.74) is 0.607. The minimum atomic E-state index is -1.04. The van der Waals surface area contributed by atoms with E-state index >= 15 is 0 Å². The Kier molecular flexibility index (Phi) is 2.84. The molecule has 2 aromatic rings. The van der Waals surface area contributed by atoms with Crippen molar-refractivity contribution in [1.82, 2.24) is 0 Å². The quantitative estimate of drug-likeness (QED) is 0.772. The molecule has 0 unspecified atom stereocenters. The number of carbonyl (C=O) groups is 1. The van der Waals surface area contributed by atoms with Gasteiger partial charge >= 0.3 is 5.97 Å². The molecule has 3 rings (SSSR count). The maximum absolute atomic E-state index is 12.1. The molecule has 0 amide bonds. The zero-order valence-electron chi connectivity index (χ0n) is 10.6. The highest BCUT2D eigenvalue weighted by molar-refractivity contribution is 5.82. The Morgan fingerprint density at radius 1 is 0.947 bits per heavy atom. The van der Waals surface area contributed by atoms with Gasteiger partial charge in [-0.1, -0.05) is 60.7 Å². The molecule has 0 radical (unpaired) electrons. The predicted octanol–water partition coefficient (Wildman–Crippen LogP) is 3.17. The maximum Gasteiger partial charge on any atom is 0.345 e. The van der Waals surface area contributed by atoms with Gasteiger partial charge < -0.3 is 9.47 Å². The van der Waals surface area contributed by atoms with E-state index in [9.17, 15) is 4.79 Å². The van der Waals surface area contributed by atoms with Crippen molar-refractivity contribution in [2.45, 2.75) is 18.8 Å². The van der Waals surface area contributed by atoms with Gasteiger partial charge in [0.25, 0.3) is 0 Å². The summed E-state index contributed by atoms with van der Waals surface area (Å²) in [6, 6.07) is 18.9. The van der Waals surface area contributed by atoms with Crippen molar-refractivity contribution in [2.75, 3.05) is 0 Å². The van der Waals surface area contributed by atoms with E-state index in [0.29, 0.717) is 0 Å². The molecule has 19 heavy (non-hydrogen) atoms. The number of carbonyl (C=O) groups excluding carboxylic acids is 1. The van der Waals surface area contributed by atoms with E-state index in [1.54, 1.807) is 6.92 Å². The molecular formula is C16H14O3. The lowest BCUT2D eigenvalue weighted by molar-refractivity contribution is -0.145. The highest BCUT2D eigenvalue weighted by Gasteiger charge is 2.48. The van der Waals surface area contributed by atoms with Gasteiger partial charge in [0.05, 0.1) is 0 Å². The van der Waals surface area contributed by atoms with Crippen LogP contribution in [0.3, 0.4) is 0 Å². The molecule has 0 bridgehead atoms. The first-order chi connectivity index (χ1) is 9.20. The molecule has 1 saturated heterocycles. The highest BCUT2D eigenvalue weighted by Crippen LogP contribution is 2.40. The summed E-state index contributed by atoms with van der Waals surface area (Å²) in [5, 5.41) is 0. The van der Waals surface area contributed by atoms with Crippen molar-refractivity contribution in [3.05, 3.63) is 71.8 Å². The molecule has 0 aliphatic carbocycles. The minimum Gasteiger partial charge on any atom is -0.429 e. The minimum absolute atomic E-state index is 0.354. The SMILES string of the molecule is C[C@@]1(c2ccccc2)O[C@H](c2ccccc2)OC1=O. The summed E-state index contributed by atoms with van der Waals surface area (Å²) < 4.78 is 11.2. The van der Waals surface area contributed by atoms with Crippen molar-refractivity contribution in [3.63, 3.8) is 0 Å². The van der Waals surface area contributed by atoms with Crippen LogP contribution in [0.4, 0.5) is 0 Å². The smallest absolute Gasteiger partial charge is 0.345 e. The first-order valence-electron chi connectivity index (χ1n) is 6.19. The third-order valence-corrected chi connectivity index (χ3v) is 3.34. The zero-order chi connectivity index (χ0) is 13.3. The van der Waals surface area contributed by atoms with Gasteiger partial charge in [-0.25, -0.2) is 4.79 Å². The van der Waals surface area contributed by atoms with Crippen LogP contribution in [0, 0.1) is 0 Å². The Bertz CT molecular complexity index is 579. The predicted molar refractivity (Wildman–Crippen MR) is 70.2 cm³/mol. The highest BCUT2D eigenvalue weighted by atomic mass is 16.8. The fourth-order valence-electron chi connectivity index (χ4n) is 2.18. The normalized spacial score (nSPS) is 26.2. The number of cyclic esters (lactones) is 1. The second-order valence-corrected chi connectivity index (χ2v) is 4.67. The number of hydrogen-bond acceptors (Lipinski definition) is 3. The molecule has 0 N–H and O–H groups in total. The molecule has 1 aliphatic rings. The molecule has 1 fully saturated rings. The van der Waals surface area contributed by atoms with Crippen LogP contribution < -0.4 is 0 Å². The first-order valence-corrected chi connectivity index (χ1v) is 6.19. The Morgan fingerprint density at radius 3 is 2.16 bits per heavy atom. The van der Waals surface area contributed by atoms with Crippen molar-refractivity contribution >= 4 is 5.97 Å². The summed E-state index contributed by atoms with van der Waals surface area (Å²) in [6.45, 7) is 1.74. The van der Waals surface area contributed by atoms with Crippen molar-refractivity contribution in [1.29, 1.82) is 0 Å². The number of rotatable bonds is 2. The summed E-state index contributed by atoms with van der Waals surface area (Å²) >= 11 is 0. The Hall–Kier alpha value is -2.13. The summed E-state index contributed by atoms with van der Waals surface area (Å²) in [4.78, 5) is 12.1. The Morgan fingerprint density at radius 2 is 1.53 bits per heavy atom. The molecule has 3 nitrogen and oxygen atoms in total. The third-order valence-electron chi connectivity index (χ3n) is 3.34. The van der Waals surface area contributed by atoms with Crippen LogP contribution in [0.1, 0.15) is 24.3 Å². The van der Waals surface area contributed by atoms with Crippen LogP contribution in [-0.2, 0) is 19.9 Å². The number of hydrogen-bond donors (Lipinski definition) is 0. The van der Waals surface area contributed by atoms with Gasteiger partial charge in [-0.3, -0.25) is 0 Å². The van der Waals surface area contributed by atoms with Crippen LogP contribution in [0.5, 0.6) is 0 Å². The molecule has 96 valence electrons. The van der Waals surface area contributed by atoms with E-state index in [0.717, 1.165) is 11.1 Å². The zero-order valence-corrected chi connectivity index (χ0v) is 10.6. The van der Waals surface area contributed by atoms with Crippen LogP contribution in [0.25, 0.3) is 0 Å². The second kappa shape index (κ2) is 4.52. The fraction of sp³-hybridized carbons (Fsp3) is 0.188. The molecule has 1 aliphatic heterocycles. The molecule has 3 heteroatoms. The van der Waals surface area contributed by atoms with E-state index in [2.05, 4.69) is 0 Å². The van der Waals surface area contributed by atoms with Crippen molar-refractivity contribution in [3.8, 4) is 0 Å². The molecule has 2 aromatic carbocycles. The van der Waals surface area contributed by atoms with Crippen LogP contribution in [0.2, 0.25) is 0 Å². The van der Waals surface area contributed by atoms with Gasteiger partial charge in [0.1, 0.15) is 0 Å². The molecule has 0 aromatic heterocycles. The standard InChI is InChI=1S/C16H14O3/c1-16(13-10-6-3-7-11-13)15(17)18-14(19-16)12-8-4-2-5-9-12/h2-11,14H,1H3/t14-,16+/m1/s1. The van der Waals surface area contributed by atoms with E-state index < -0.39 is 11.9 Å². The average Bonchev–Trinajstić information content (AvgIpc) is 2.78. The van der Waals surface area contributed by atoms with E-state index in [1.807, 2.05) is 60.7 Å². The van der Waals surface area contributed by atoms with E-state index in [-0.39, 0.29) is 5.97 Å². The summed E-state index contributed by atoms with van der Waals surface area (Å²) in [5.74, 6) is -0.354. The van der Waals surface area contributed by atoms with Crippen LogP contribution in [-0.4, -0.2) is 5.97 Å². The van der Waals surface area contributed by atoms with Gasteiger partial charge in [0, 0.05) is 5.56 Å². The van der Waals surface area contributed by atoms with Gasteiger partial charge in [0.2, 0.25) is 6.29 Å². The fourth-order valence-corrected chi connectivity index (χ4v) is 2.18. The lowest BCUT2D eigenvalue weighted by atomic mass is 9.96. The summed E-state index contributed by atoms with van der Waals surface area (Å²) in [6.07, 6.45) is -0.640. The van der Waals surface area contributed by atoms with E-state index in [4.69, 9.17) is 9.47 Å². The molecule has 0 spiro atoms. The van der Waals surface area contributed by atoms with E-state index in [1.165, 1.54) is 0 Å². The Balaban J connectivity index is 1.92. The monoisotopic (exact) mass is 254 g/mol. The van der Waals surface area contributed by atoms with Crippen molar-refractivity contribution in [2.24, 2.45) is 0 Å². The van der Waals surface area contributed by atoms with Gasteiger partial charge in [-0.15, -0.1) is 0 Å². The van der Waals surface area contributed by atoms with Gasteiger partial charge in [-0.2, -0.15) is 0 Å². The average molecular weight is 254 g/mol. The first kappa shape index (κ1) is 11.9. The second-order valence-electron chi connectivity index (χ2n) is 4.67. The largest absolute Gasteiger partial charge is 0.429 e. The van der Waals surface area contributed by atoms with Crippen LogP contribution >= 0.6 is 0 Å².